The molecule has 1 atom stereocenters. The largest absolute Gasteiger partial charge is 0.377 e. The minimum absolute atomic E-state index is 0.0270. The van der Waals surface area contributed by atoms with E-state index in [9.17, 15) is 9.59 Å². The first kappa shape index (κ1) is 16.2. The minimum atomic E-state index is -0.514. The zero-order valence-electron chi connectivity index (χ0n) is 13.4. The van der Waals surface area contributed by atoms with Gasteiger partial charge in [0.05, 0.1) is 25.7 Å². The molecule has 24 heavy (non-hydrogen) atoms. The molecule has 0 saturated carbocycles. The molecule has 1 fully saturated rings. The lowest BCUT2D eigenvalue weighted by Crippen LogP contribution is -2.44. The zero-order valence-corrected chi connectivity index (χ0v) is 13.4. The summed E-state index contributed by atoms with van der Waals surface area (Å²) >= 11 is 0. The van der Waals surface area contributed by atoms with Gasteiger partial charge in [0.2, 0.25) is 11.8 Å². The normalized spacial score (nSPS) is 17.5. The monoisotopic (exact) mass is 324 g/mol. The smallest absolute Gasteiger partial charge is 0.248 e. The summed E-state index contributed by atoms with van der Waals surface area (Å²) in [5, 5.41) is 0. The summed E-state index contributed by atoms with van der Waals surface area (Å²) in [6.45, 7) is 1.54. The summed E-state index contributed by atoms with van der Waals surface area (Å²) in [4.78, 5) is 26.2. The van der Waals surface area contributed by atoms with Gasteiger partial charge >= 0.3 is 0 Å². The molecule has 1 aliphatic heterocycles. The summed E-state index contributed by atoms with van der Waals surface area (Å²) < 4.78 is 5.56. The molecule has 0 aromatic heterocycles. The fourth-order valence-electron chi connectivity index (χ4n) is 3.03. The van der Waals surface area contributed by atoms with Gasteiger partial charge in [-0.25, -0.2) is 0 Å². The lowest BCUT2D eigenvalue weighted by molar-refractivity contribution is -0.139. The first-order valence-corrected chi connectivity index (χ1v) is 7.96. The van der Waals surface area contributed by atoms with Gasteiger partial charge in [0, 0.05) is 12.1 Å². The Morgan fingerprint density at radius 2 is 1.79 bits per heavy atom. The predicted octanol–water partition coefficient (Wildman–Crippen LogP) is 1.93. The number of carbonyl (C=O) groups is 2. The first-order valence-electron chi connectivity index (χ1n) is 7.96. The van der Waals surface area contributed by atoms with E-state index in [2.05, 4.69) is 0 Å². The molecule has 5 heteroatoms. The fraction of sp³-hybridized carbons (Fsp3) is 0.263. The highest BCUT2D eigenvalue weighted by molar-refractivity contribution is 5.95. The molecule has 0 aliphatic carbocycles. The summed E-state index contributed by atoms with van der Waals surface area (Å²) in [6.07, 6.45) is 0.155. The molecule has 1 aliphatic rings. The van der Waals surface area contributed by atoms with E-state index in [1.54, 1.807) is 18.2 Å². The van der Waals surface area contributed by atoms with Crippen molar-refractivity contribution in [2.45, 2.75) is 12.5 Å². The van der Waals surface area contributed by atoms with Gasteiger partial charge in [-0.2, -0.15) is 0 Å². The van der Waals surface area contributed by atoms with Crippen LogP contribution in [0.15, 0.2) is 54.6 Å². The Balaban J connectivity index is 1.82. The van der Waals surface area contributed by atoms with Crippen LogP contribution in [0.4, 0.5) is 0 Å². The number of nitrogens with zero attached hydrogens (tertiary/aromatic N) is 1. The maximum Gasteiger partial charge on any atom is 0.248 e. The number of primary amides is 1. The molecular formula is C19H20N2O3. The minimum Gasteiger partial charge on any atom is -0.377 e. The maximum atomic E-state index is 12.8. The van der Waals surface area contributed by atoms with Crippen LogP contribution in [0.1, 0.15) is 27.5 Å². The van der Waals surface area contributed by atoms with Crippen LogP contribution in [0.2, 0.25) is 0 Å². The molecule has 2 amide bonds. The standard InChI is InChI=1S/C19H20N2O3/c20-19(23)16-9-5-4-8-15(16)12-18(22)21-10-11-24-13-17(21)14-6-2-1-3-7-14/h1-9,17H,10-13H2,(H2,20,23). The Labute approximate surface area is 141 Å². The number of carbonyl (C=O) groups excluding carboxylic acids is 2. The van der Waals surface area contributed by atoms with Crippen molar-refractivity contribution in [1.29, 1.82) is 0 Å². The van der Waals surface area contributed by atoms with E-state index in [-0.39, 0.29) is 18.4 Å². The van der Waals surface area contributed by atoms with Gasteiger partial charge in [-0.1, -0.05) is 48.5 Å². The molecule has 2 N–H and O–H groups in total. The van der Waals surface area contributed by atoms with E-state index in [0.717, 1.165) is 5.56 Å². The van der Waals surface area contributed by atoms with Crippen LogP contribution < -0.4 is 5.73 Å². The van der Waals surface area contributed by atoms with Crippen molar-refractivity contribution in [3.63, 3.8) is 0 Å². The molecule has 0 radical (unpaired) electrons. The summed E-state index contributed by atoms with van der Waals surface area (Å²) in [7, 11) is 0. The third-order valence-corrected chi connectivity index (χ3v) is 4.26. The van der Waals surface area contributed by atoms with Crippen LogP contribution in [-0.4, -0.2) is 36.5 Å². The fourth-order valence-corrected chi connectivity index (χ4v) is 3.03. The topological polar surface area (TPSA) is 72.6 Å². The van der Waals surface area contributed by atoms with Crippen molar-refractivity contribution in [3.05, 3.63) is 71.3 Å². The lowest BCUT2D eigenvalue weighted by atomic mass is 10.0. The van der Waals surface area contributed by atoms with Gasteiger partial charge in [0.25, 0.3) is 0 Å². The summed E-state index contributed by atoms with van der Waals surface area (Å²) in [6, 6.07) is 16.7. The van der Waals surface area contributed by atoms with Crippen LogP contribution in [0, 0.1) is 0 Å². The van der Waals surface area contributed by atoms with Crippen molar-refractivity contribution >= 4 is 11.8 Å². The lowest BCUT2D eigenvalue weighted by Gasteiger charge is -2.36. The number of amides is 2. The van der Waals surface area contributed by atoms with Crippen molar-refractivity contribution < 1.29 is 14.3 Å². The van der Waals surface area contributed by atoms with E-state index in [1.807, 2.05) is 41.3 Å². The SMILES string of the molecule is NC(=O)c1ccccc1CC(=O)N1CCOCC1c1ccccc1. The number of ether oxygens (including phenoxy) is 1. The predicted molar refractivity (Wildman–Crippen MR) is 90.4 cm³/mol. The molecule has 0 spiro atoms. The van der Waals surface area contributed by atoms with Crippen LogP contribution in [0.5, 0.6) is 0 Å². The van der Waals surface area contributed by atoms with E-state index in [0.29, 0.717) is 30.9 Å². The number of nitrogens with two attached hydrogens (primary N) is 1. The highest BCUT2D eigenvalue weighted by atomic mass is 16.5. The van der Waals surface area contributed by atoms with Crippen molar-refractivity contribution in [3.8, 4) is 0 Å². The van der Waals surface area contributed by atoms with Gasteiger partial charge in [0.15, 0.2) is 0 Å². The number of hydrogen-bond acceptors (Lipinski definition) is 3. The molecule has 1 saturated heterocycles. The Bertz CT molecular complexity index is 730. The van der Waals surface area contributed by atoms with Crippen molar-refractivity contribution in [2.24, 2.45) is 5.73 Å². The second-order valence-electron chi connectivity index (χ2n) is 5.79. The highest BCUT2D eigenvalue weighted by Crippen LogP contribution is 2.25. The van der Waals surface area contributed by atoms with Crippen LogP contribution >= 0.6 is 0 Å². The zero-order chi connectivity index (χ0) is 16.9. The Kier molecular flexibility index (Phi) is 4.91. The Hall–Kier alpha value is -2.66. The summed E-state index contributed by atoms with van der Waals surface area (Å²) in [5.74, 6) is -0.541. The quantitative estimate of drug-likeness (QED) is 0.934. The van der Waals surface area contributed by atoms with E-state index >= 15 is 0 Å². The average Bonchev–Trinajstić information content (AvgIpc) is 2.62. The second-order valence-corrected chi connectivity index (χ2v) is 5.79. The summed E-state index contributed by atoms with van der Waals surface area (Å²) in [5.41, 5.74) is 7.51. The molecule has 1 heterocycles. The number of rotatable bonds is 4. The Morgan fingerprint density at radius 3 is 2.54 bits per heavy atom. The third-order valence-electron chi connectivity index (χ3n) is 4.26. The van der Waals surface area contributed by atoms with Gasteiger partial charge < -0.3 is 15.4 Å². The molecule has 124 valence electrons. The molecule has 0 bridgehead atoms. The molecule has 3 rings (SSSR count). The molecule has 1 unspecified atom stereocenters. The van der Waals surface area contributed by atoms with Crippen LogP contribution in [0.25, 0.3) is 0 Å². The van der Waals surface area contributed by atoms with Gasteiger partial charge in [-0.05, 0) is 17.2 Å². The number of hydrogen-bond donors (Lipinski definition) is 1. The number of morpholine rings is 1. The molecule has 2 aromatic carbocycles. The van der Waals surface area contributed by atoms with Gasteiger partial charge in [-0.15, -0.1) is 0 Å². The van der Waals surface area contributed by atoms with Crippen LogP contribution in [-0.2, 0) is 16.0 Å². The molecule has 2 aromatic rings. The second kappa shape index (κ2) is 7.27. The van der Waals surface area contributed by atoms with Crippen molar-refractivity contribution in [2.75, 3.05) is 19.8 Å². The Morgan fingerprint density at radius 1 is 1.08 bits per heavy atom. The maximum absolute atomic E-state index is 12.8. The van der Waals surface area contributed by atoms with Crippen molar-refractivity contribution in [1.82, 2.24) is 4.90 Å². The highest BCUT2D eigenvalue weighted by Gasteiger charge is 2.28. The van der Waals surface area contributed by atoms with E-state index < -0.39 is 5.91 Å². The van der Waals surface area contributed by atoms with E-state index in [4.69, 9.17) is 10.5 Å². The van der Waals surface area contributed by atoms with Gasteiger partial charge in [0.1, 0.15) is 0 Å². The average molecular weight is 324 g/mol. The molecular weight excluding hydrogens is 304 g/mol. The molecule has 5 nitrogen and oxygen atoms in total. The van der Waals surface area contributed by atoms with Crippen LogP contribution in [0.3, 0.4) is 0 Å². The number of benzene rings is 2. The first-order chi connectivity index (χ1) is 11.7. The third kappa shape index (κ3) is 3.46. The van der Waals surface area contributed by atoms with Gasteiger partial charge in [-0.3, -0.25) is 9.59 Å². The van der Waals surface area contributed by atoms with E-state index in [1.165, 1.54) is 0 Å².